The molecule has 0 saturated carbocycles. The van der Waals surface area contributed by atoms with E-state index in [-0.39, 0.29) is 6.54 Å². The van der Waals surface area contributed by atoms with Crippen molar-refractivity contribution < 1.29 is 31.1 Å². The fourth-order valence-electron chi connectivity index (χ4n) is 1.67. The van der Waals surface area contributed by atoms with Crippen LogP contribution >= 0.6 is 0 Å². The van der Waals surface area contributed by atoms with Gasteiger partial charge in [0.1, 0.15) is 0 Å². The predicted octanol–water partition coefficient (Wildman–Crippen LogP) is 4.40. The lowest BCUT2D eigenvalue weighted by atomic mass is 10.2. The molecule has 128 valence electrons. The summed E-state index contributed by atoms with van der Waals surface area (Å²) in [6.07, 6.45) is -11.2. The molecule has 0 spiro atoms. The Morgan fingerprint density at radius 1 is 0.905 bits per heavy atom. The van der Waals surface area contributed by atoms with Gasteiger partial charge in [0.25, 0.3) is 6.17 Å². The first-order valence-corrected chi connectivity index (χ1v) is 7.10. The molecule has 0 aromatic heterocycles. The lowest BCUT2D eigenvalue weighted by Crippen LogP contribution is -2.44. The molecule has 0 aliphatic heterocycles. The van der Waals surface area contributed by atoms with Crippen LogP contribution in [0.5, 0.6) is 0 Å². The molecule has 1 unspecified atom stereocenters. The van der Waals surface area contributed by atoms with Gasteiger partial charge in [0.05, 0.1) is 6.61 Å². The number of halogens is 6. The second-order valence-corrected chi connectivity index (χ2v) is 4.86. The average molecular weight is 323 g/mol. The van der Waals surface area contributed by atoms with Crippen molar-refractivity contribution in [1.29, 1.82) is 0 Å². The van der Waals surface area contributed by atoms with Crippen LogP contribution in [0, 0.1) is 0 Å². The topological polar surface area (TPSA) is 12.5 Å². The number of rotatable bonds is 11. The molecule has 0 bridgehead atoms. The molecule has 0 aliphatic rings. The van der Waals surface area contributed by atoms with Crippen LogP contribution in [0.15, 0.2) is 0 Å². The minimum Gasteiger partial charge on any atom is -0.317 e. The number of hydrogen-bond acceptors (Lipinski definition) is 2. The maximum atomic E-state index is 12.9. The van der Waals surface area contributed by atoms with E-state index < -0.39 is 25.1 Å². The fourth-order valence-corrected chi connectivity index (χ4v) is 1.67. The molecule has 0 fully saturated rings. The molecule has 0 radical (unpaired) electrons. The van der Waals surface area contributed by atoms with E-state index >= 15 is 0 Å². The van der Waals surface area contributed by atoms with Crippen LogP contribution in [0.2, 0.25) is 0 Å². The third-order valence-electron chi connectivity index (χ3n) is 2.94. The zero-order valence-electron chi connectivity index (χ0n) is 12.4. The molecule has 0 saturated heterocycles. The Balaban J connectivity index is 4.27. The van der Waals surface area contributed by atoms with Gasteiger partial charge in [-0.1, -0.05) is 26.7 Å². The van der Waals surface area contributed by atoms with Crippen LogP contribution in [0.3, 0.4) is 0 Å². The molecule has 2 nitrogen and oxygen atoms in total. The average Bonchev–Trinajstić information content (AvgIpc) is 2.39. The summed E-state index contributed by atoms with van der Waals surface area (Å²) >= 11 is 0. The summed E-state index contributed by atoms with van der Waals surface area (Å²) in [5, 5.41) is 0. The van der Waals surface area contributed by atoms with E-state index in [2.05, 4.69) is 4.74 Å². The van der Waals surface area contributed by atoms with Crippen molar-refractivity contribution in [3.05, 3.63) is 0 Å². The minimum atomic E-state index is -5.63. The SMILES string of the molecule is CCCCN(CCCC)CCOC(F)(F)C(F)C(F)(F)F. The largest absolute Gasteiger partial charge is 0.428 e. The molecule has 0 aromatic rings. The first kappa shape index (κ1) is 20.5. The summed E-state index contributed by atoms with van der Waals surface area (Å²) in [5.74, 6) is 0. The summed E-state index contributed by atoms with van der Waals surface area (Å²) < 4.78 is 78.1. The van der Waals surface area contributed by atoms with Crippen LogP contribution in [0.1, 0.15) is 39.5 Å². The van der Waals surface area contributed by atoms with E-state index in [1.165, 1.54) is 0 Å². The van der Waals surface area contributed by atoms with Gasteiger partial charge in [0.2, 0.25) is 0 Å². The van der Waals surface area contributed by atoms with Gasteiger partial charge in [-0.3, -0.25) is 0 Å². The number of hydrogen-bond donors (Lipinski definition) is 0. The number of alkyl halides is 6. The zero-order valence-corrected chi connectivity index (χ0v) is 12.4. The molecule has 0 rings (SSSR count). The summed E-state index contributed by atoms with van der Waals surface area (Å²) in [4.78, 5) is 1.84. The highest BCUT2D eigenvalue weighted by molar-refractivity contribution is 4.75. The second kappa shape index (κ2) is 9.50. The Bertz CT molecular complexity index is 264. The van der Waals surface area contributed by atoms with Crippen molar-refractivity contribution in [2.45, 2.75) is 58.0 Å². The highest BCUT2D eigenvalue weighted by Crippen LogP contribution is 2.35. The Morgan fingerprint density at radius 2 is 1.38 bits per heavy atom. The van der Waals surface area contributed by atoms with Crippen LogP contribution in [0.25, 0.3) is 0 Å². The van der Waals surface area contributed by atoms with Gasteiger partial charge in [-0.25, -0.2) is 4.39 Å². The van der Waals surface area contributed by atoms with E-state index in [4.69, 9.17) is 0 Å². The van der Waals surface area contributed by atoms with Gasteiger partial charge < -0.3 is 9.64 Å². The fraction of sp³-hybridized carbons (Fsp3) is 1.00. The quantitative estimate of drug-likeness (QED) is 0.523. The second-order valence-electron chi connectivity index (χ2n) is 4.86. The lowest BCUT2D eigenvalue weighted by Gasteiger charge is -2.25. The van der Waals surface area contributed by atoms with Crippen molar-refractivity contribution >= 4 is 0 Å². The minimum absolute atomic E-state index is 0.0557. The smallest absolute Gasteiger partial charge is 0.317 e. The Labute approximate surface area is 121 Å². The van der Waals surface area contributed by atoms with Crippen molar-refractivity contribution in [3.63, 3.8) is 0 Å². The normalized spacial score (nSPS) is 14.7. The van der Waals surface area contributed by atoms with Crippen molar-refractivity contribution in [3.8, 4) is 0 Å². The Hall–Kier alpha value is -0.500. The molecule has 8 heteroatoms. The highest BCUT2D eigenvalue weighted by atomic mass is 19.4. The molecule has 0 N–H and O–H groups in total. The van der Waals surface area contributed by atoms with E-state index in [1.54, 1.807) is 0 Å². The standard InChI is InChI=1S/C13H23F6NO/c1-3-5-7-20(8-6-4-2)9-10-21-13(18,19)11(14)12(15,16)17/h11H,3-10H2,1-2H3. The van der Waals surface area contributed by atoms with Crippen molar-refractivity contribution in [2.75, 3.05) is 26.2 Å². The predicted molar refractivity (Wildman–Crippen MR) is 68.1 cm³/mol. The lowest BCUT2D eigenvalue weighted by molar-refractivity contribution is -0.335. The van der Waals surface area contributed by atoms with Gasteiger partial charge >= 0.3 is 12.3 Å². The highest BCUT2D eigenvalue weighted by Gasteiger charge is 2.58. The van der Waals surface area contributed by atoms with Gasteiger partial charge in [-0.05, 0) is 25.9 Å². The third-order valence-corrected chi connectivity index (χ3v) is 2.94. The van der Waals surface area contributed by atoms with Crippen LogP contribution < -0.4 is 0 Å². The summed E-state index contributed by atoms with van der Waals surface area (Å²) in [6, 6.07) is 0. The summed E-state index contributed by atoms with van der Waals surface area (Å²) in [6.45, 7) is 4.67. The Morgan fingerprint density at radius 3 is 1.76 bits per heavy atom. The molecular weight excluding hydrogens is 300 g/mol. The molecule has 0 aromatic carbocycles. The van der Waals surface area contributed by atoms with Gasteiger partial charge in [-0.15, -0.1) is 0 Å². The van der Waals surface area contributed by atoms with E-state index in [0.717, 1.165) is 25.7 Å². The number of ether oxygens (including phenoxy) is 1. The summed E-state index contributed by atoms with van der Waals surface area (Å²) in [7, 11) is 0. The van der Waals surface area contributed by atoms with Gasteiger partial charge in [0.15, 0.2) is 0 Å². The molecule has 21 heavy (non-hydrogen) atoms. The van der Waals surface area contributed by atoms with E-state index in [9.17, 15) is 26.3 Å². The van der Waals surface area contributed by atoms with Crippen molar-refractivity contribution in [2.24, 2.45) is 0 Å². The molecule has 0 aliphatic carbocycles. The first-order chi connectivity index (χ1) is 9.65. The monoisotopic (exact) mass is 323 g/mol. The van der Waals surface area contributed by atoms with Crippen LogP contribution in [-0.2, 0) is 4.74 Å². The number of nitrogens with zero attached hydrogens (tertiary/aromatic N) is 1. The summed E-state index contributed by atoms with van der Waals surface area (Å²) in [5.41, 5.74) is 0. The van der Waals surface area contributed by atoms with Crippen LogP contribution in [0.4, 0.5) is 26.3 Å². The zero-order chi connectivity index (χ0) is 16.5. The Kier molecular flexibility index (Phi) is 9.28. The molecular formula is C13H23F6NO. The van der Waals surface area contributed by atoms with E-state index in [0.29, 0.717) is 13.1 Å². The van der Waals surface area contributed by atoms with E-state index in [1.807, 2.05) is 18.7 Å². The van der Waals surface area contributed by atoms with Gasteiger partial charge in [-0.2, -0.15) is 22.0 Å². The molecule has 0 amide bonds. The van der Waals surface area contributed by atoms with Crippen molar-refractivity contribution in [1.82, 2.24) is 4.90 Å². The maximum Gasteiger partial charge on any atom is 0.428 e. The van der Waals surface area contributed by atoms with Crippen LogP contribution in [-0.4, -0.2) is 49.6 Å². The number of unbranched alkanes of at least 4 members (excludes halogenated alkanes) is 2. The third kappa shape index (κ3) is 8.50. The molecule has 0 heterocycles. The molecule has 1 atom stereocenters. The van der Waals surface area contributed by atoms with Gasteiger partial charge in [0, 0.05) is 6.54 Å². The maximum absolute atomic E-state index is 12.9. The first-order valence-electron chi connectivity index (χ1n) is 7.10.